The molecule has 8 nitrogen and oxygen atoms in total. The van der Waals surface area contributed by atoms with Crippen molar-refractivity contribution in [1.82, 2.24) is 15.0 Å². The fourth-order valence-electron chi connectivity index (χ4n) is 2.24. The molecule has 1 saturated carbocycles. The highest BCUT2D eigenvalue weighted by Gasteiger charge is 2.28. The first-order chi connectivity index (χ1) is 9.20. The molecule has 1 aliphatic heterocycles. The molecule has 2 fully saturated rings. The monoisotopic (exact) mass is 266 g/mol. The normalized spacial score (nSPS) is 26.9. The fraction of sp³-hybridized carbons (Fsp3) is 0.727. The van der Waals surface area contributed by atoms with Crippen LogP contribution in [0.3, 0.4) is 0 Å². The first-order valence-electron chi connectivity index (χ1n) is 6.49. The number of hydrogen-bond acceptors (Lipinski definition) is 8. The molecule has 0 amide bonds. The van der Waals surface area contributed by atoms with E-state index in [1.807, 2.05) is 4.90 Å². The quantitative estimate of drug-likeness (QED) is 0.654. The summed E-state index contributed by atoms with van der Waals surface area (Å²) >= 11 is 0. The van der Waals surface area contributed by atoms with E-state index in [1.165, 1.54) is 0 Å². The molecule has 0 atom stereocenters. The number of aliphatic hydroxyl groups is 1. The Balaban J connectivity index is 1.71. The lowest BCUT2D eigenvalue weighted by Crippen LogP contribution is -2.40. The number of aromatic nitrogens is 3. The van der Waals surface area contributed by atoms with Crippen molar-refractivity contribution in [3.63, 3.8) is 0 Å². The standard InChI is InChI=1S/C11H18N6O2/c12-9-14-10(13-7-5-8(18)6-7)16-11(15-9)17-1-3-19-4-2-17/h7-8,18H,1-6H2,(H3,12,13,14,15,16). The maximum Gasteiger partial charge on any atom is 0.232 e. The molecule has 4 N–H and O–H groups in total. The number of morpholine rings is 1. The van der Waals surface area contributed by atoms with Gasteiger partial charge in [-0.3, -0.25) is 0 Å². The minimum absolute atomic E-state index is 0.207. The van der Waals surface area contributed by atoms with Gasteiger partial charge < -0.3 is 25.8 Å². The lowest BCUT2D eigenvalue weighted by Gasteiger charge is -2.32. The topological polar surface area (TPSA) is 109 Å². The number of hydrogen-bond donors (Lipinski definition) is 3. The van der Waals surface area contributed by atoms with Crippen molar-refractivity contribution in [2.75, 3.05) is 42.3 Å². The van der Waals surface area contributed by atoms with E-state index in [2.05, 4.69) is 20.3 Å². The van der Waals surface area contributed by atoms with Crippen LogP contribution >= 0.6 is 0 Å². The molecule has 0 unspecified atom stereocenters. The maximum atomic E-state index is 9.27. The molecule has 0 radical (unpaired) electrons. The summed E-state index contributed by atoms with van der Waals surface area (Å²) < 4.78 is 5.30. The van der Waals surface area contributed by atoms with E-state index >= 15 is 0 Å². The van der Waals surface area contributed by atoms with Crippen molar-refractivity contribution >= 4 is 17.8 Å². The van der Waals surface area contributed by atoms with Crippen LogP contribution < -0.4 is 16.0 Å². The van der Waals surface area contributed by atoms with Gasteiger partial charge >= 0.3 is 0 Å². The lowest BCUT2D eigenvalue weighted by atomic mass is 9.90. The molecule has 104 valence electrons. The average Bonchev–Trinajstić information content (AvgIpc) is 2.37. The molecule has 1 aromatic rings. The van der Waals surface area contributed by atoms with Gasteiger partial charge in [0.15, 0.2) is 0 Å². The number of nitrogens with zero attached hydrogens (tertiary/aromatic N) is 4. The van der Waals surface area contributed by atoms with E-state index < -0.39 is 0 Å². The third-order valence-electron chi connectivity index (χ3n) is 3.38. The molecule has 0 spiro atoms. The van der Waals surface area contributed by atoms with Crippen molar-refractivity contribution < 1.29 is 9.84 Å². The Kier molecular flexibility index (Phi) is 3.34. The Bertz CT molecular complexity index is 445. The van der Waals surface area contributed by atoms with Crippen LogP contribution in [0.5, 0.6) is 0 Å². The van der Waals surface area contributed by atoms with Gasteiger partial charge in [0.2, 0.25) is 17.8 Å². The van der Waals surface area contributed by atoms with E-state index in [9.17, 15) is 5.11 Å². The van der Waals surface area contributed by atoms with Crippen LogP contribution in [0.15, 0.2) is 0 Å². The van der Waals surface area contributed by atoms with E-state index in [0.717, 1.165) is 25.9 Å². The molecule has 0 bridgehead atoms. The Morgan fingerprint density at radius 2 is 1.95 bits per heavy atom. The minimum atomic E-state index is -0.213. The summed E-state index contributed by atoms with van der Waals surface area (Å²) in [5, 5.41) is 12.4. The van der Waals surface area contributed by atoms with Crippen molar-refractivity contribution in [2.45, 2.75) is 25.0 Å². The number of nitrogens with one attached hydrogen (secondary N) is 1. The Labute approximate surface area is 111 Å². The molecule has 1 saturated heterocycles. The van der Waals surface area contributed by atoms with Crippen molar-refractivity contribution in [3.8, 4) is 0 Å². The smallest absolute Gasteiger partial charge is 0.232 e. The Morgan fingerprint density at radius 1 is 1.21 bits per heavy atom. The molecule has 3 rings (SSSR count). The van der Waals surface area contributed by atoms with Crippen molar-refractivity contribution in [1.29, 1.82) is 0 Å². The summed E-state index contributed by atoms with van der Waals surface area (Å²) in [6, 6.07) is 0.217. The van der Waals surface area contributed by atoms with E-state index in [0.29, 0.717) is 25.1 Å². The second kappa shape index (κ2) is 5.14. The first-order valence-corrected chi connectivity index (χ1v) is 6.49. The largest absolute Gasteiger partial charge is 0.393 e. The van der Waals surface area contributed by atoms with Gasteiger partial charge in [0.1, 0.15) is 0 Å². The van der Waals surface area contributed by atoms with Crippen LogP contribution in [0, 0.1) is 0 Å². The Hall–Kier alpha value is -1.67. The Morgan fingerprint density at radius 3 is 2.63 bits per heavy atom. The van der Waals surface area contributed by atoms with Crippen LogP contribution in [0.4, 0.5) is 17.8 Å². The summed E-state index contributed by atoms with van der Waals surface area (Å²) in [5.41, 5.74) is 5.72. The van der Waals surface area contributed by atoms with E-state index in [-0.39, 0.29) is 18.1 Å². The lowest BCUT2D eigenvalue weighted by molar-refractivity contribution is 0.0834. The SMILES string of the molecule is Nc1nc(NC2CC(O)C2)nc(N2CCOCC2)n1. The molecule has 1 aliphatic carbocycles. The number of nitrogen functional groups attached to an aromatic ring is 1. The molecular formula is C11H18N6O2. The molecule has 19 heavy (non-hydrogen) atoms. The highest BCUT2D eigenvalue weighted by Crippen LogP contribution is 2.23. The summed E-state index contributed by atoms with van der Waals surface area (Å²) in [6.07, 6.45) is 1.23. The zero-order valence-electron chi connectivity index (χ0n) is 10.6. The molecule has 1 aromatic heterocycles. The van der Waals surface area contributed by atoms with Crippen LogP contribution in [0.2, 0.25) is 0 Å². The van der Waals surface area contributed by atoms with E-state index in [1.54, 1.807) is 0 Å². The highest BCUT2D eigenvalue weighted by molar-refractivity contribution is 5.42. The van der Waals surface area contributed by atoms with Gasteiger partial charge in [-0.2, -0.15) is 15.0 Å². The van der Waals surface area contributed by atoms with Gasteiger partial charge in [0.25, 0.3) is 0 Å². The van der Waals surface area contributed by atoms with Gasteiger partial charge in [-0.25, -0.2) is 0 Å². The van der Waals surface area contributed by atoms with Crippen LogP contribution in [-0.2, 0) is 4.74 Å². The molecule has 2 aliphatic rings. The second-order valence-electron chi connectivity index (χ2n) is 4.88. The predicted molar refractivity (Wildman–Crippen MR) is 69.9 cm³/mol. The summed E-state index contributed by atoms with van der Waals surface area (Å²) in [4.78, 5) is 14.7. The number of aliphatic hydroxyl groups excluding tert-OH is 1. The van der Waals surface area contributed by atoms with Gasteiger partial charge in [0, 0.05) is 19.1 Å². The molecule has 2 heterocycles. The van der Waals surface area contributed by atoms with Gasteiger partial charge in [-0.15, -0.1) is 0 Å². The summed E-state index contributed by atoms with van der Waals surface area (Å²) in [6.45, 7) is 2.85. The van der Waals surface area contributed by atoms with Crippen LogP contribution in [0.1, 0.15) is 12.8 Å². The highest BCUT2D eigenvalue weighted by atomic mass is 16.5. The summed E-state index contributed by atoms with van der Waals surface area (Å²) in [7, 11) is 0. The number of rotatable bonds is 3. The fourth-order valence-corrected chi connectivity index (χ4v) is 2.24. The van der Waals surface area contributed by atoms with Crippen LogP contribution in [0.25, 0.3) is 0 Å². The van der Waals surface area contributed by atoms with Gasteiger partial charge in [0.05, 0.1) is 19.3 Å². The van der Waals surface area contributed by atoms with Gasteiger partial charge in [-0.1, -0.05) is 0 Å². The number of anilines is 3. The van der Waals surface area contributed by atoms with Gasteiger partial charge in [-0.05, 0) is 12.8 Å². The van der Waals surface area contributed by atoms with Crippen molar-refractivity contribution in [2.24, 2.45) is 0 Å². The average molecular weight is 266 g/mol. The summed E-state index contributed by atoms with van der Waals surface area (Å²) in [5.74, 6) is 1.27. The third kappa shape index (κ3) is 2.85. The predicted octanol–water partition coefficient (Wildman–Crippen LogP) is -0.774. The van der Waals surface area contributed by atoms with Crippen LogP contribution in [-0.4, -0.2) is 58.5 Å². The molecule has 0 aromatic carbocycles. The maximum absolute atomic E-state index is 9.27. The number of ether oxygens (including phenoxy) is 1. The number of nitrogens with two attached hydrogens (primary N) is 1. The zero-order valence-corrected chi connectivity index (χ0v) is 10.6. The minimum Gasteiger partial charge on any atom is -0.393 e. The second-order valence-corrected chi connectivity index (χ2v) is 4.88. The zero-order chi connectivity index (χ0) is 13.2. The third-order valence-corrected chi connectivity index (χ3v) is 3.38. The van der Waals surface area contributed by atoms with E-state index in [4.69, 9.17) is 10.5 Å². The van der Waals surface area contributed by atoms with Crippen molar-refractivity contribution in [3.05, 3.63) is 0 Å². The molecule has 8 heteroatoms. The molecular weight excluding hydrogens is 248 g/mol. The first kappa shape index (κ1) is 12.4.